The van der Waals surface area contributed by atoms with E-state index in [-0.39, 0.29) is 17.4 Å². The maximum atomic E-state index is 11.8. The van der Waals surface area contributed by atoms with Crippen molar-refractivity contribution >= 4 is 29.2 Å². The number of hydrogen-bond acceptors (Lipinski definition) is 5. The van der Waals surface area contributed by atoms with Gasteiger partial charge in [0.1, 0.15) is 17.3 Å². The average Bonchev–Trinajstić information content (AvgIpc) is 2.81. The number of hydrogen-bond donors (Lipinski definition) is 3. The Bertz CT molecular complexity index is 988. The van der Waals surface area contributed by atoms with E-state index in [9.17, 15) is 15.0 Å². The van der Waals surface area contributed by atoms with Gasteiger partial charge < -0.3 is 15.5 Å². The fourth-order valence-electron chi connectivity index (χ4n) is 3.28. The highest BCUT2D eigenvalue weighted by Gasteiger charge is 2.19. The van der Waals surface area contributed by atoms with E-state index in [1.165, 1.54) is 0 Å². The van der Waals surface area contributed by atoms with E-state index in [2.05, 4.69) is 16.9 Å². The summed E-state index contributed by atoms with van der Waals surface area (Å²) in [6, 6.07) is 14.3. The van der Waals surface area contributed by atoms with Crippen molar-refractivity contribution in [2.45, 2.75) is 38.4 Å². The molecule has 0 bridgehead atoms. The Hall–Kier alpha value is -3.19. The van der Waals surface area contributed by atoms with Crippen molar-refractivity contribution in [2.75, 3.05) is 18.5 Å². The molecule has 0 aliphatic heterocycles. The van der Waals surface area contributed by atoms with Crippen LogP contribution in [0.3, 0.4) is 0 Å². The van der Waals surface area contributed by atoms with Gasteiger partial charge in [-0.25, -0.2) is 0 Å². The summed E-state index contributed by atoms with van der Waals surface area (Å²) in [5, 5.41) is 23.6. The van der Waals surface area contributed by atoms with Gasteiger partial charge in [0.15, 0.2) is 0 Å². The van der Waals surface area contributed by atoms with E-state index >= 15 is 0 Å². The smallest absolute Gasteiger partial charge is 0.220 e. The van der Waals surface area contributed by atoms with Gasteiger partial charge in [0, 0.05) is 38.3 Å². The summed E-state index contributed by atoms with van der Waals surface area (Å²) in [6.07, 6.45) is 6.38. The standard InChI is InChI=1S/C26H33N3O3S/c1-4-16-28-25(32)15-7-6-14-24(27-3)29(21-11-9-13-23(31)18-21)26(5-2)33-19-20-10-8-12-22(30)17-20/h4-5,8-13,17-18,30-31H,1,6-7,14-16,19H2,2-3H3,(H,28,32)/b26-5-,27-24?. The number of carbonyl (C=O) groups is 1. The van der Waals surface area contributed by atoms with Crippen LogP contribution in [0.5, 0.6) is 11.5 Å². The highest BCUT2D eigenvalue weighted by molar-refractivity contribution is 8.02. The molecule has 0 aliphatic carbocycles. The minimum atomic E-state index is 0.0190. The van der Waals surface area contributed by atoms with Gasteiger partial charge in [0.05, 0.1) is 10.7 Å². The molecule has 7 heteroatoms. The molecule has 0 fully saturated rings. The van der Waals surface area contributed by atoms with Gasteiger partial charge in [-0.05, 0) is 49.6 Å². The van der Waals surface area contributed by atoms with Gasteiger partial charge >= 0.3 is 0 Å². The number of unbranched alkanes of at least 4 members (excludes halogenated alkanes) is 1. The van der Waals surface area contributed by atoms with Gasteiger partial charge in [-0.2, -0.15) is 0 Å². The number of amidine groups is 1. The SMILES string of the molecule is C=CCNC(=O)CCCCC(=NC)N(/C(=C/C)SCc1cccc(O)c1)c1cccc(O)c1. The summed E-state index contributed by atoms with van der Waals surface area (Å²) in [6.45, 7) is 6.06. The molecule has 2 rings (SSSR count). The molecule has 3 N–H and O–H groups in total. The molecule has 2 aromatic rings. The fourth-order valence-corrected chi connectivity index (χ4v) is 4.28. The van der Waals surface area contributed by atoms with Crippen LogP contribution >= 0.6 is 11.8 Å². The Morgan fingerprint density at radius 2 is 1.82 bits per heavy atom. The van der Waals surface area contributed by atoms with Crippen LogP contribution in [-0.4, -0.2) is 35.5 Å². The molecule has 0 unspecified atom stereocenters. The number of aliphatic imine (C=N–C) groups is 1. The van der Waals surface area contributed by atoms with E-state index in [1.54, 1.807) is 49.2 Å². The third-order valence-corrected chi connectivity index (χ3v) is 6.06. The Labute approximate surface area is 200 Å². The lowest BCUT2D eigenvalue weighted by Crippen LogP contribution is -2.29. The quantitative estimate of drug-likeness (QED) is 0.164. The first-order valence-electron chi connectivity index (χ1n) is 11.0. The Kier molecular flexibility index (Phi) is 11.1. The number of allylic oxidation sites excluding steroid dienone is 1. The van der Waals surface area contributed by atoms with Crippen LogP contribution in [0, 0.1) is 0 Å². The number of rotatable bonds is 12. The van der Waals surface area contributed by atoms with Gasteiger partial charge in [-0.1, -0.05) is 30.4 Å². The van der Waals surface area contributed by atoms with Crippen molar-refractivity contribution < 1.29 is 15.0 Å². The number of phenols is 2. The fraction of sp³-hybridized carbons (Fsp3) is 0.308. The lowest BCUT2D eigenvalue weighted by molar-refractivity contribution is -0.120. The maximum absolute atomic E-state index is 11.8. The summed E-state index contributed by atoms with van der Waals surface area (Å²) >= 11 is 1.63. The first-order valence-corrected chi connectivity index (χ1v) is 12.0. The lowest BCUT2D eigenvalue weighted by atomic mass is 10.1. The molecule has 0 saturated carbocycles. The molecule has 176 valence electrons. The van der Waals surface area contributed by atoms with Crippen LogP contribution < -0.4 is 10.2 Å². The van der Waals surface area contributed by atoms with Crippen molar-refractivity contribution in [3.05, 3.63) is 77.9 Å². The normalized spacial score (nSPS) is 11.8. The summed E-state index contributed by atoms with van der Waals surface area (Å²) in [5.41, 5.74) is 1.83. The molecule has 2 aromatic carbocycles. The number of aromatic hydroxyl groups is 2. The molecular formula is C26H33N3O3S. The van der Waals surface area contributed by atoms with Gasteiger partial charge in [0.2, 0.25) is 5.91 Å². The first kappa shape index (κ1) is 26.1. The number of nitrogens with zero attached hydrogens (tertiary/aromatic N) is 2. The van der Waals surface area contributed by atoms with Gasteiger partial charge in [-0.3, -0.25) is 14.7 Å². The van der Waals surface area contributed by atoms with E-state index < -0.39 is 0 Å². The molecule has 0 atom stereocenters. The van der Waals surface area contributed by atoms with E-state index in [0.717, 1.165) is 35.0 Å². The number of phenolic OH excluding ortho intramolecular Hbond substituents is 2. The third-order valence-electron chi connectivity index (χ3n) is 4.87. The van der Waals surface area contributed by atoms with Gasteiger partial charge in [-0.15, -0.1) is 18.3 Å². The van der Waals surface area contributed by atoms with E-state index in [0.29, 0.717) is 25.1 Å². The molecule has 0 saturated heterocycles. The molecule has 6 nitrogen and oxygen atoms in total. The van der Waals surface area contributed by atoms with Gasteiger partial charge in [0.25, 0.3) is 0 Å². The van der Waals surface area contributed by atoms with Crippen molar-refractivity contribution in [1.29, 1.82) is 0 Å². The van der Waals surface area contributed by atoms with Crippen molar-refractivity contribution in [3.63, 3.8) is 0 Å². The molecule has 0 aromatic heterocycles. The van der Waals surface area contributed by atoms with E-state index in [4.69, 9.17) is 0 Å². The zero-order valence-corrected chi connectivity index (χ0v) is 20.1. The lowest BCUT2D eigenvalue weighted by Gasteiger charge is -2.28. The summed E-state index contributed by atoms with van der Waals surface area (Å²) in [5.74, 6) is 1.96. The summed E-state index contributed by atoms with van der Waals surface area (Å²) in [7, 11) is 1.76. The molecule has 0 aliphatic rings. The molecule has 33 heavy (non-hydrogen) atoms. The van der Waals surface area contributed by atoms with Crippen LogP contribution in [0.4, 0.5) is 5.69 Å². The number of benzene rings is 2. The highest BCUT2D eigenvalue weighted by atomic mass is 32.2. The predicted molar refractivity (Wildman–Crippen MR) is 139 cm³/mol. The molecule has 0 spiro atoms. The first-order chi connectivity index (χ1) is 16.0. The second-order valence-electron chi connectivity index (χ2n) is 7.38. The minimum absolute atomic E-state index is 0.0190. The Morgan fingerprint density at radius 1 is 1.12 bits per heavy atom. The van der Waals surface area contributed by atoms with Crippen LogP contribution in [0.15, 0.2) is 77.3 Å². The second-order valence-corrected chi connectivity index (χ2v) is 8.38. The Balaban J connectivity index is 2.15. The number of nitrogens with one attached hydrogen (secondary N) is 1. The van der Waals surface area contributed by atoms with Crippen molar-refractivity contribution in [1.82, 2.24) is 5.32 Å². The average molecular weight is 468 g/mol. The zero-order chi connectivity index (χ0) is 24.1. The van der Waals surface area contributed by atoms with Crippen LogP contribution in [-0.2, 0) is 10.5 Å². The molecule has 1 amide bonds. The second kappa shape index (κ2) is 14.1. The maximum Gasteiger partial charge on any atom is 0.220 e. The topological polar surface area (TPSA) is 85.2 Å². The van der Waals surface area contributed by atoms with Crippen LogP contribution in [0.2, 0.25) is 0 Å². The van der Waals surface area contributed by atoms with Crippen LogP contribution in [0.25, 0.3) is 0 Å². The van der Waals surface area contributed by atoms with Crippen molar-refractivity contribution in [3.8, 4) is 11.5 Å². The summed E-state index contributed by atoms with van der Waals surface area (Å²) < 4.78 is 0. The molecular weight excluding hydrogens is 434 g/mol. The summed E-state index contributed by atoms with van der Waals surface area (Å²) in [4.78, 5) is 18.4. The number of amides is 1. The van der Waals surface area contributed by atoms with Crippen molar-refractivity contribution in [2.24, 2.45) is 4.99 Å². The van der Waals surface area contributed by atoms with E-state index in [1.807, 2.05) is 42.2 Å². The number of thioether (sulfide) groups is 1. The highest BCUT2D eigenvalue weighted by Crippen LogP contribution is 2.33. The largest absolute Gasteiger partial charge is 0.508 e. The molecule has 0 heterocycles. The number of carbonyl (C=O) groups excluding carboxylic acids is 1. The number of anilines is 1. The minimum Gasteiger partial charge on any atom is -0.508 e. The monoisotopic (exact) mass is 467 g/mol. The third kappa shape index (κ3) is 8.69. The molecule has 0 radical (unpaired) electrons. The zero-order valence-electron chi connectivity index (χ0n) is 19.3. The predicted octanol–water partition coefficient (Wildman–Crippen LogP) is 5.59. The Morgan fingerprint density at radius 3 is 2.45 bits per heavy atom. The van der Waals surface area contributed by atoms with Crippen LogP contribution in [0.1, 0.15) is 38.2 Å².